The molecule has 1 atom stereocenters. The maximum atomic E-state index is 12.0. The van der Waals surface area contributed by atoms with Gasteiger partial charge >= 0.3 is 5.97 Å². The Morgan fingerprint density at radius 2 is 2.29 bits per heavy atom. The molecule has 0 aromatic carbocycles. The van der Waals surface area contributed by atoms with Crippen LogP contribution in [0.2, 0.25) is 0 Å². The van der Waals surface area contributed by atoms with Crippen molar-refractivity contribution in [1.82, 2.24) is 10.1 Å². The van der Waals surface area contributed by atoms with Gasteiger partial charge in [-0.1, -0.05) is 5.16 Å². The number of carbonyl (C=O) groups is 2. The fraction of sp³-hybridized carbons (Fsp3) is 0.545. The van der Waals surface area contributed by atoms with Crippen LogP contribution in [0.4, 0.5) is 0 Å². The van der Waals surface area contributed by atoms with E-state index in [1.165, 1.54) is 4.90 Å². The van der Waals surface area contributed by atoms with Gasteiger partial charge in [0.1, 0.15) is 5.76 Å². The molecule has 1 fully saturated rings. The van der Waals surface area contributed by atoms with E-state index in [4.69, 9.17) is 9.63 Å². The predicted octanol–water partition coefficient (Wildman–Crippen LogP) is 0.920. The first-order chi connectivity index (χ1) is 7.92. The maximum absolute atomic E-state index is 12.0. The highest BCUT2D eigenvalue weighted by molar-refractivity contribution is 5.93. The molecule has 1 saturated heterocycles. The summed E-state index contributed by atoms with van der Waals surface area (Å²) in [5, 5.41) is 12.7. The summed E-state index contributed by atoms with van der Waals surface area (Å²) >= 11 is 0. The first-order valence-corrected chi connectivity index (χ1v) is 5.38. The number of carboxylic acids is 1. The van der Waals surface area contributed by atoms with E-state index in [9.17, 15) is 9.59 Å². The molecular weight excluding hydrogens is 224 g/mol. The average molecular weight is 238 g/mol. The summed E-state index contributed by atoms with van der Waals surface area (Å²) in [6.07, 6.45) is 0.463. The number of hydrogen-bond donors (Lipinski definition) is 1. The lowest BCUT2D eigenvalue weighted by Gasteiger charge is -2.19. The van der Waals surface area contributed by atoms with Crippen LogP contribution >= 0.6 is 0 Å². The van der Waals surface area contributed by atoms with Crippen LogP contribution in [-0.2, 0) is 4.79 Å². The molecule has 92 valence electrons. The molecule has 1 aromatic rings. The van der Waals surface area contributed by atoms with E-state index in [0.717, 1.165) is 0 Å². The number of aromatic nitrogens is 1. The molecule has 6 nitrogen and oxygen atoms in total. The SMILES string of the molecule is Cc1cc(C(=O)N2CC[C@](C)(C(=O)O)C2)no1. The van der Waals surface area contributed by atoms with Crippen molar-refractivity contribution in [1.29, 1.82) is 0 Å². The van der Waals surface area contributed by atoms with E-state index in [0.29, 0.717) is 18.7 Å². The van der Waals surface area contributed by atoms with E-state index in [1.54, 1.807) is 19.9 Å². The number of hydrogen-bond acceptors (Lipinski definition) is 4. The first-order valence-electron chi connectivity index (χ1n) is 5.38. The zero-order valence-electron chi connectivity index (χ0n) is 9.77. The molecule has 0 bridgehead atoms. The number of likely N-dealkylation sites (tertiary alicyclic amines) is 1. The molecule has 0 aliphatic carbocycles. The second-order valence-corrected chi connectivity index (χ2v) is 4.67. The zero-order chi connectivity index (χ0) is 12.6. The Balaban J connectivity index is 2.11. The van der Waals surface area contributed by atoms with Crippen molar-refractivity contribution in [2.75, 3.05) is 13.1 Å². The summed E-state index contributed by atoms with van der Waals surface area (Å²) in [4.78, 5) is 24.5. The fourth-order valence-electron chi connectivity index (χ4n) is 1.94. The molecule has 0 spiro atoms. The minimum absolute atomic E-state index is 0.215. The van der Waals surface area contributed by atoms with Gasteiger partial charge in [-0.25, -0.2) is 0 Å². The van der Waals surface area contributed by atoms with Crippen LogP contribution in [0.25, 0.3) is 0 Å². The van der Waals surface area contributed by atoms with Gasteiger partial charge in [0.05, 0.1) is 5.41 Å². The number of aliphatic carboxylic acids is 1. The van der Waals surface area contributed by atoms with E-state index in [-0.39, 0.29) is 18.1 Å². The van der Waals surface area contributed by atoms with Gasteiger partial charge in [0, 0.05) is 19.2 Å². The standard InChI is InChI=1S/C11H14N2O4/c1-7-5-8(12-17-7)9(14)13-4-3-11(2,6-13)10(15)16/h5H,3-4,6H2,1-2H3,(H,15,16)/t11-/m0/s1. The van der Waals surface area contributed by atoms with Crippen molar-refractivity contribution >= 4 is 11.9 Å². The summed E-state index contributed by atoms with van der Waals surface area (Å²) in [6, 6.07) is 1.55. The molecular formula is C11H14N2O4. The number of carboxylic acid groups (broad SMARTS) is 1. The van der Waals surface area contributed by atoms with Crippen molar-refractivity contribution in [2.24, 2.45) is 5.41 Å². The lowest BCUT2D eigenvalue weighted by Crippen LogP contribution is -2.35. The number of amides is 1. The van der Waals surface area contributed by atoms with Crippen molar-refractivity contribution in [2.45, 2.75) is 20.3 Å². The van der Waals surface area contributed by atoms with Gasteiger partial charge in [-0.2, -0.15) is 0 Å². The summed E-state index contributed by atoms with van der Waals surface area (Å²) in [5.74, 6) is -0.579. The van der Waals surface area contributed by atoms with Gasteiger partial charge in [0.15, 0.2) is 5.69 Å². The van der Waals surface area contributed by atoms with Gasteiger partial charge in [-0.05, 0) is 20.3 Å². The molecule has 0 saturated carbocycles. The van der Waals surface area contributed by atoms with E-state index < -0.39 is 11.4 Å². The number of rotatable bonds is 2. The van der Waals surface area contributed by atoms with E-state index >= 15 is 0 Å². The van der Waals surface area contributed by atoms with Crippen LogP contribution in [0, 0.1) is 12.3 Å². The Labute approximate surface area is 98.2 Å². The summed E-state index contributed by atoms with van der Waals surface area (Å²) in [6.45, 7) is 4.01. The molecule has 0 radical (unpaired) electrons. The number of carbonyl (C=O) groups excluding carboxylic acids is 1. The molecule has 0 unspecified atom stereocenters. The van der Waals surface area contributed by atoms with Crippen molar-refractivity contribution in [3.05, 3.63) is 17.5 Å². The molecule has 1 aliphatic heterocycles. The average Bonchev–Trinajstić information content (AvgIpc) is 2.85. The fourth-order valence-corrected chi connectivity index (χ4v) is 1.94. The Morgan fingerprint density at radius 1 is 1.59 bits per heavy atom. The minimum Gasteiger partial charge on any atom is -0.481 e. The normalized spacial score (nSPS) is 24.0. The Bertz CT molecular complexity index is 468. The Hall–Kier alpha value is -1.85. The highest BCUT2D eigenvalue weighted by Gasteiger charge is 2.42. The van der Waals surface area contributed by atoms with Crippen LogP contribution in [0.15, 0.2) is 10.6 Å². The second kappa shape index (κ2) is 3.87. The molecule has 1 aromatic heterocycles. The molecule has 1 amide bonds. The maximum Gasteiger partial charge on any atom is 0.311 e. The van der Waals surface area contributed by atoms with Gasteiger partial charge in [0.25, 0.3) is 5.91 Å². The highest BCUT2D eigenvalue weighted by atomic mass is 16.5. The van der Waals surface area contributed by atoms with Crippen LogP contribution in [0.1, 0.15) is 29.6 Å². The predicted molar refractivity (Wildman–Crippen MR) is 57.5 cm³/mol. The quantitative estimate of drug-likeness (QED) is 0.828. The zero-order valence-corrected chi connectivity index (χ0v) is 9.77. The van der Waals surface area contributed by atoms with Gasteiger partial charge in [0.2, 0.25) is 0 Å². The Morgan fingerprint density at radius 3 is 2.76 bits per heavy atom. The third kappa shape index (κ3) is 2.02. The molecule has 2 heterocycles. The molecule has 2 rings (SSSR count). The van der Waals surface area contributed by atoms with Crippen molar-refractivity contribution < 1.29 is 19.2 Å². The van der Waals surface area contributed by atoms with Crippen molar-refractivity contribution in [3.63, 3.8) is 0 Å². The van der Waals surface area contributed by atoms with E-state index in [2.05, 4.69) is 5.16 Å². The lowest BCUT2D eigenvalue weighted by molar-refractivity contribution is -0.147. The molecule has 1 N–H and O–H groups in total. The molecule has 17 heavy (non-hydrogen) atoms. The lowest BCUT2D eigenvalue weighted by atomic mass is 9.90. The second-order valence-electron chi connectivity index (χ2n) is 4.67. The van der Waals surface area contributed by atoms with Crippen molar-refractivity contribution in [3.8, 4) is 0 Å². The monoisotopic (exact) mass is 238 g/mol. The molecule has 1 aliphatic rings. The smallest absolute Gasteiger partial charge is 0.311 e. The van der Waals surface area contributed by atoms with Crippen LogP contribution < -0.4 is 0 Å². The number of nitrogens with zero attached hydrogens (tertiary/aromatic N) is 2. The van der Waals surface area contributed by atoms with Crippen LogP contribution in [-0.4, -0.2) is 40.1 Å². The Kier molecular flexibility index (Phi) is 2.65. The minimum atomic E-state index is -0.871. The summed E-state index contributed by atoms with van der Waals surface area (Å²) in [5.41, 5.74) is -0.619. The summed E-state index contributed by atoms with van der Waals surface area (Å²) in [7, 11) is 0. The third-order valence-electron chi connectivity index (χ3n) is 3.12. The topological polar surface area (TPSA) is 83.6 Å². The summed E-state index contributed by atoms with van der Waals surface area (Å²) < 4.78 is 4.83. The third-order valence-corrected chi connectivity index (χ3v) is 3.12. The van der Waals surface area contributed by atoms with Crippen LogP contribution in [0.5, 0.6) is 0 Å². The van der Waals surface area contributed by atoms with Gasteiger partial charge in [-0.15, -0.1) is 0 Å². The highest BCUT2D eigenvalue weighted by Crippen LogP contribution is 2.30. The number of aryl methyl sites for hydroxylation is 1. The van der Waals surface area contributed by atoms with E-state index in [1.807, 2.05) is 0 Å². The first kappa shape index (κ1) is 11.6. The largest absolute Gasteiger partial charge is 0.481 e. The van der Waals surface area contributed by atoms with Crippen LogP contribution in [0.3, 0.4) is 0 Å². The van der Waals surface area contributed by atoms with Gasteiger partial charge < -0.3 is 14.5 Å². The molecule has 6 heteroatoms. The van der Waals surface area contributed by atoms with Gasteiger partial charge in [-0.3, -0.25) is 9.59 Å².